The van der Waals surface area contributed by atoms with E-state index >= 15 is 0 Å². The smallest absolute Gasteiger partial charge is 0.303 e. The average molecular weight is 314 g/mol. The first-order valence-corrected chi connectivity index (χ1v) is 7.67. The predicted molar refractivity (Wildman–Crippen MR) is 89.0 cm³/mol. The molecular weight excluding hydrogens is 292 g/mol. The number of carbonyl (C=O) groups is 2. The Morgan fingerprint density at radius 2 is 1.87 bits per heavy atom. The van der Waals surface area contributed by atoms with E-state index in [0.29, 0.717) is 12.0 Å². The Labute approximate surface area is 135 Å². The molecule has 0 bridgehead atoms. The van der Waals surface area contributed by atoms with Crippen LogP contribution in [0.3, 0.4) is 0 Å². The van der Waals surface area contributed by atoms with Crippen LogP contribution in [0.4, 0.5) is 0 Å². The van der Waals surface area contributed by atoms with Crippen LogP contribution in [0.15, 0.2) is 36.4 Å². The van der Waals surface area contributed by atoms with Crippen LogP contribution in [0.5, 0.6) is 0 Å². The number of carbonyl (C=O) groups excluding carboxylic acids is 1. The Morgan fingerprint density at radius 3 is 2.48 bits per heavy atom. The summed E-state index contributed by atoms with van der Waals surface area (Å²) in [5, 5.41) is 11.6. The van der Waals surface area contributed by atoms with E-state index in [-0.39, 0.29) is 18.4 Å². The maximum absolute atomic E-state index is 12.4. The SMILES string of the molecule is Cc1cc(C(=O)NC(C)CCC(=O)O)c(C)n1-c1ccccc1. The van der Waals surface area contributed by atoms with Crippen LogP contribution in [0.25, 0.3) is 5.69 Å². The van der Waals surface area contributed by atoms with E-state index in [1.807, 2.05) is 61.7 Å². The molecule has 1 amide bonds. The molecule has 0 saturated carbocycles. The van der Waals surface area contributed by atoms with Crippen molar-refractivity contribution in [2.75, 3.05) is 0 Å². The van der Waals surface area contributed by atoms with Crippen molar-refractivity contribution in [3.05, 3.63) is 53.3 Å². The fourth-order valence-corrected chi connectivity index (χ4v) is 2.68. The normalized spacial score (nSPS) is 12.0. The van der Waals surface area contributed by atoms with Crippen molar-refractivity contribution in [3.8, 4) is 5.69 Å². The fraction of sp³-hybridized carbons (Fsp3) is 0.333. The first kappa shape index (κ1) is 16.8. The van der Waals surface area contributed by atoms with Crippen molar-refractivity contribution in [2.45, 2.75) is 39.7 Å². The minimum atomic E-state index is -0.853. The van der Waals surface area contributed by atoms with Crippen molar-refractivity contribution < 1.29 is 14.7 Å². The number of rotatable bonds is 6. The Bertz CT molecular complexity index is 705. The van der Waals surface area contributed by atoms with Gasteiger partial charge in [0.05, 0.1) is 5.56 Å². The van der Waals surface area contributed by atoms with Crippen LogP contribution in [0.2, 0.25) is 0 Å². The number of amides is 1. The van der Waals surface area contributed by atoms with E-state index in [0.717, 1.165) is 17.1 Å². The van der Waals surface area contributed by atoms with E-state index in [1.54, 1.807) is 0 Å². The zero-order valence-corrected chi connectivity index (χ0v) is 13.7. The molecule has 0 fully saturated rings. The second-order valence-corrected chi connectivity index (χ2v) is 5.76. The van der Waals surface area contributed by atoms with Crippen LogP contribution in [-0.4, -0.2) is 27.6 Å². The first-order chi connectivity index (χ1) is 10.9. The topological polar surface area (TPSA) is 71.3 Å². The van der Waals surface area contributed by atoms with E-state index < -0.39 is 5.97 Å². The number of aryl methyl sites for hydroxylation is 1. The van der Waals surface area contributed by atoms with Gasteiger partial charge in [0.1, 0.15) is 0 Å². The van der Waals surface area contributed by atoms with E-state index in [1.165, 1.54) is 0 Å². The number of para-hydroxylation sites is 1. The molecule has 1 heterocycles. The summed E-state index contributed by atoms with van der Waals surface area (Å²) in [5.41, 5.74) is 3.49. The number of hydrogen-bond donors (Lipinski definition) is 2. The quantitative estimate of drug-likeness (QED) is 0.860. The molecule has 0 saturated heterocycles. The lowest BCUT2D eigenvalue weighted by Crippen LogP contribution is -2.33. The standard InChI is InChI=1S/C18H22N2O3/c1-12(9-10-17(21)22)19-18(23)16-11-13(2)20(14(16)3)15-7-5-4-6-8-15/h4-8,11-12H,9-10H2,1-3H3,(H,19,23)(H,21,22). The summed E-state index contributed by atoms with van der Waals surface area (Å²) in [6.07, 6.45) is 0.461. The monoisotopic (exact) mass is 314 g/mol. The van der Waals surface area contributed by atoms with Crippen LogP contribution in [0.1, 0.15) is 41.5 Å². The third-order valence-electron chi connectivity index (χ3n) is 3.86. The lowest BCUT2D eigenvalue weighted by atomic mass is 10.1. The van der Waals surface area contributed by atoms with Crippen molar-refractivity contribution in [2.24, 2.45) is 0 Å². The maximum Gasteiger partial charge on any atom is 0.303 e. The molecule has 0 spiro atoms. The number of nitrogens with zero attached hydrogens (tertiary/aromatic N) is 1. The number of aromatic nitrogens is 1. The second kappa shape index (κ2) is 7.13. The van der Waals surface area contributed by atoms with E-state index in [2.05, 4.69) is 5.32 Å². The Balaban J connectivity index is 2.18. The van der Waals surface area contributed by atoms with Gasteiger partial charge >= 0.3 is 5.97 Å². The third kappa shape index (κ3) is 4.00. The van der Waals surface area contributed by atoms with Gasteiger partial charge in [-0.15, -0.1) is 0 Å². The molecule has 1 unspecified atom stereocenters. The van der Waals surface area contributed by atoms with Gasteiger partial charge in [-0.1, -0.05) is 18.2 Å². The Morgan fingerprint density at radius 1 is 1.22 bits per heavy atom. The van der Waals surface area contributed by atoms with E-state index in [4.69, 9.17) is 5.11 Å². The van der Waals surface area contributed by atoms with Crippen molar-refractivity contribution in [1.29, 1.82) is 0 Å². The van der Waals surface area contributed by atoms with Crippen LogP contribution in [-0.2, 0) is 4.79 Å². The highest BCUT2D eigenvalue weighted by Crippen LogP contribution is 2.20. The summed E-state index contributed by atoms with van der Waals surface area (Å²) in [6.45, 7) is 5.69. The van der Waals surface area contributed by atoms with Crippen molar-refractivity contribution >= 4 is 11.9 Å². The molecule has 0 aliphatic rings. The average Bonchev–Trinajstić information content (AvgIpc) is 2.81. The van der Waals surface area contributed by atoms with Gasteiger partial charge in [-0.2, -0.15) is 0 Å². The van der Waals surface area contributed by atoms with Crippen molar-refractivity contribution in [3.63, 3.8) is 0 Å². The van der Waals surface area contributed by atoms with Gasteiger partial charge in [-0.05, 0) is 45.4 Å². The fourth-order valence-electron chi connectivity index (χ4n) is 2.68. The Kier molecular flexibility index (Phi) is 5.21. The number of hydrogen-bond acceptors (Lipinski definition) is 2. The zero-order valence-electron chi connectivity index (χ0n) is 13.7. The van der Waals surface area contributed by atoms with Gasteiger partial charge < -0.3 is 15.0 Å². The van der Waals surface area contributed by atoms with Gasteiger partial charge in [0.25, 0.3) is 5.91 Å². The van der Waals surface area contributed by atoms with E-state index in [9.17, 15) is 9.59 Å². The number of carboxylic acid groups (broad SMARTS) is 1. The molecule has 122 valence electrons. The number of benzene rings is 1. The highest BCUT2D eigenvalue weighted by molar-refractivity contribution is 5.96. The highest BCUT2D eigenvalue weighted by atomic mass is 16.4. The predicted octanol–water partition coefficient (Wildman–Crippen LogP) is 3.08. The maximum atomic E-state index is 12.4. The molecule has 0 radical (unpaired) electrons. The third-order valence-corrected chi connectivity index (χ3v) is 3.86. The minimum Gasteiger partial charge on any atom is -0.481 e. The molecule has 2 N–H and O–H groups in total. The number of carboxylic acids is 1. The van der Waals surface area contributed by atoms with Gasteiger partial charge in [0.15, 0.2) is 0 Å². The lowest BCUT2D eigenvalue weighted by Gasteiger charge is -2.13. The number of aliphatic carboxylic acids is 1. The second-order valence-electron chi connectivity index (χ2n) is 5.76. The molecule has 0 aliphatic heterocycles. The summed E-state index contributed by atoms with van der Waals surface area (Å²) in [7, 11) is 0. The van der Waals surface area contributed by atoms with Gasteiger partial charge in [0, 0.05) is 29.5 Å². The summed E-state index contributed by atoms with van der Waals surface area (Å²) in [5.74, 6) is -1.02. The molecule has 2 rings (SSSR count). The molecule has 1 aromatic carbocycles. The Hall–Kier alpha value is -2.56. The van der Waals surface area contributed by atoms with Gasteiger partial charge in [0.2, 0.25) is 0 Å². The summed E-state index contributed by atoms with van der Waals surface area (Å²) >= 11 is 0. The molecule has 5 nitrogen and oxygen atoms in total. The lowest BCUT2D eigenvalue weighted by molar-refractivity contribution is -0.137. The van der Waals surface area contributed by atoms with Gasteiger partial charge in [-0.25, -0.2) is 0 Å². The molecular formula is C18H22N2O3. The van der Waals surface area contributed by atoms with Crippen LogP contribution >= 0.6 is 0 Å². The van der Waals surface area contributed by atoms with Crippen LogP contribution < -0.4 is 5.32 Å². The minimum absolute atomic E-state index is 0.0461. The molecule has 23 heavy (non-hydrogen) atoms. The van der Waals surface area contributed by atoms with Crippen LogP contribution in [0, 0.1) is 13.8 Å². The summed E-state index contributed by atoms with van der Waals surface area (Å²) in [6, 6.07) is 11.5. The molecule has 5 heteroatoms. The molecule has 2 aromatic rings. The molecule has 1 aromatic heterocycles. The van der Waals surface area contributed by atoms with Crippen molar-refractivity contribution in [1.82, 2.24) is 9.88 Å². The summed E-state index contributed by atoms with van der Waals surface area (Å²) in [4.78, 5) is 23.0. The molecule has 0 aliphatic carbocycles. The number of nitrogens with one attached hydrogen (secondary N) is 1. The first-order valence-electron chi connectivity index (χ1n) is 7.67. The largest absolute Gasteiger partial charge is 0.481 e. The van der Waals surface area contributed by atoms with Gasteiger partial charge in [-0.3, -0.25) is 9.59 Å². The zero-order chi connectivity index (χ0) is 17.0. The molecule has 1 atom stereocenters. The highest BCUT2D eigenvalue weighted by Gasteiger charge is 2.18. The summed E-state index contributed by atoms with van der Waals surface area (Å²) < 4.78 is 2.04.